The molecule has 1 aliphatic heterocycles. The number of methoxy groups -OCH3 is 1. The molecule has 0 aromatic heterocycles. The van der Waals surface area contributed by atoms with Crippen molar-refractivity contribution in [1.82, 2.24) is 15.1 Å². The van der Waals surface area contributed by atoms with Crippen molar-refractivity contribution in [2.45, 2.75) is 57.8 Å². The Morgan fingerprint density at radius 2 is 1.51 bits per heavy atom. The molecule has 4 rings (SSSR count). The van der Waals surface area contributed by atoms with Crippen LogP contribution in [0.5, 0.6) is 5.75 Å². The van der Waals surface area contributed by atoms with E-state index in [2.05, 4.69) is 5.32 Å². The molecule has 186 valence electrons. The maximum atomic E-state index is 13.6. The summed E-state index contributed by atoms with van der Waals surface area (Å²) in [6.07, 6.45) is 2.22. The van der Waals surface area contributed by atoms with Crippen molar-refractivity contribution < 1.29 is 19.1 Å². The first-order chi connectivity index (χ1) is 16.8. The topological polar surface area (TPSA) is 105 Å². The Bertz CT molecular complexity index is 1110. The van der Waals surface area contributed by atoms with Gasteiger partial charge in [-0.25, -0.2) is 0 Å². The van der Waals surface area contributed by atoms with Gasteiger partial charge in [-0.05, 0) is 81.0 Å². The molecule has 1 aliphatic carbocycles. The van der Waals surface area contributed by atoms with Crippen LogP contribution in [-0.2, 0) is 4.79 Å². The highest BCUT2D eigenvalue weighted by atomic mass is 16.5. The number of amides is 3. The van der Waals surface area contributed by atoms with Gasteiger partial charge in [0.25, 0.3) is 17.7 Å². The Labute approximate surface area is 206 Å². The number of benzene rings is 2. The van der Waals surface area contributed by atoms with Crippen LogP contribution < -0.4 is 15.8 Å². The molecule has 1 atom stereocenters. The molecule has 8 nitrogen and oxygen atoms in total. The largest absolute Gasteiger partial charge is 0.497 e. The molecule has 1 unspecified atom stereocenters. The number of nitrogens with zero attached hydrogens (tertiary/aromatic N) is 2. The summed E-state index contributed by atoms with van der Waals surface area (Å²) >= 11 is 0. The fourth-order valence-corrected chi connectivity index (χ4v) is 4.84. The van der Waals surface area contributed by atoms with Gasteiger partial charge in [-0.15, -0.1) is 0 Å². The number of hydrogen-bond donors (Lipinski definition) is 2. The van der Waals surface area contributed by atoms with Crippen molar-refractivity contribution in [1.29, 1.82) is 0 Å². The second-order valence-corrected chi connectivity index (χ2v) is 9.52. The van der Waals surface area contributed by atoms with E-state index in [1.165, 1.54) is 16.9 Å². The number of nitrogens with one attached hydrogen (secondary N) is 1. The Balaban J connectivity index is 1.62. The highest BCUT2D eigenvalue weighted by Crippen LogP contribution is 2.25. The van der Waals surface area contributed by atoms with Crippen LogP contribution in [-0.4, -0.2) is 66.0 Å². The summed E-state index contributed by atoms with van der Waals surface area (Å²) in [7, 11) is 1.54. The third-order valence-corrected chi connectivity index (χ3v) is 7.12. The van der Waals surface area contributed by atoms with E-state index in [1.54, 1.807) is 30.3 Å². The smallest absolute Gasteiger partial charge is 0.264 e. The van der Waals surface area contributed by atoms with Crippen LogP contribution in [0.4, 0.5) is 0 Å². The Morgan fingerprint density at radius 1 is 0.886 bits per heavy atom. The molecule has 3 amide bonds. The van der Waals surface area contributed by atoms with E-state index in [0.717, 1.165) is 36.8 Å². The summed E-state index contributed by atoms with van der Waals surface area (Å²) in [5.74, 6) is -0.362. The van der Waals surface area contributed by atoms with Gasteiger partial charge in [0.1, 0.15) is 5.75 Å². The van der Waals surface area contributed by atoms with Crippen LogP contribution in [0.25, 0.3) is 0 Å². The number of hydrogen-bond acceptors (Lipinski definition) is 5. The van der Waals surface area contributed by atoms with Crippen LogP contribution in [0.2, 0.25) is 0 Å². The molecule has 2 fully saturated rings. The molecular weight excluding hydrogens is 444 g/mol. The predicted octanol–water partition coefficient (Wildman–Crippen LogP) is 2.62. The zero-order chi connectivity index (χ0) is 25.1. The zero-order valence-electron chi connectivity index (χ0n) is 20.6. The summed E-state index contributed by atoms with van der Waals surface area (Å²) in [6.45, 7) is 4.47. The van der Waals surface area contributed by atoms with E-state index >= 15 is 0 Å². The van der Waals surface area contributed by atoms with E-state index in [0.29, 0.717) is 16.9 Å². The summed E-state index contributed by atoms with van der Waals surface area (Å²) in [6, 6.07) is 12.5. The van der Waals surface area contributed by atoms with E-state index in [1.807, 2.05) is 26.0 Å². The van der Waals surface area contributed by atoms with Crippen LogP contribution in [0.3, 0.4) is 0 Å². The Morgan fingerprint density at radius 3 is 2.11 bits per heavy atom. The van der Waals surface area contributed by atoms with Crippen LogP contribution in [0.15, 0.2) is 42.5 Å². The molecule has 1 saturated carbocycles. The van der Waals surface area contributed by atoms with Crippen LogP contribution >= 0.6 is 0 Å². The Kier molecular flexibility index (Phi) is 7.40. The molecule has 2 aromatic carbocycles. The molecule has 2 aliphatic rings. The predicted molar refractivity (Wildman–Crippen MR) is 133 cm³/mol. The number of rotatable bonds is 5. The van der Waals surface area contributed by atoms with Crippen LogP contribution in [0, 0.1) is 13.8 Å². The van der Waals surface area contributed by atoms with Crippen LogP contribution in [0.1, 0.15) is 57.5 Å². The van der Waals surface area contributed by atoms with Gasteiger partial charge in [0.15, 0.2) is 6.17 Å². The van der Waals surface area contributed by atoms with E-state index in [-0.39, 0.29) is 42.9 Å². The SMILES string of the molecule is COc1cccc(C(=O)N2CCN(C(=O)c3ccc(C)c(C)c3)C2C(=O)NC2CCC(N)CC2)c1. The normalized spacial score (nSPS) is 22.1. The van der Waals surface area contributed by atoms with Crippen molar-refractivity contribution in [3.8, 4) is 5.75 Å². The van der Waals surface area contributed by atoms with Crippen molar-refractivity contribution in [3.63, 3.8) is 0 Å². The third kappa shape index (κ3) is 5.32. The Hall–Kier alpha value is -3.39. The third-order valence-electron chi connectivity index (χ3n) is 7.12. The van der Waals surface area contributed by atoms with Gasteiger partial charge in [0.2, 0.25) is 0 Å². The highest BCUT2D eigenvalue weighted by molar-refractivity contribution is 6.02. The van der Waals surface area contributed by atoms with E-state index in [9.17, 15) is 14.4 Å². The molecule has 0 spiro atoms. The lowest BCUT2D eigenvalue weighted by Crippen LogP contribution is -2.56. The fraction of sp³-hybridized carbons (Fsp3) is 0.444. The van der Waals surface area contributed by atoms with Crippen molar-refractivity contribution in [2.24, 2.45) is 5.73 Å². The standard InChI is InChI=1S/C27H34N4O4/c1-17-7-8-20(15-18(17)2)27(34)31-14-13-30(26(33)19-5-4-6-23(16-19)35-3)25(31)24(32)29-22-11-9-21(28)10-12-22/h4-8,15-16,21-22,25H,9-14,28H2,1-3H3,(H,29,32). The summed E-state index contributed by atoms with van der Waals surface area (Å²) in [4.78, 5) is 43.6. The lowest BCUT2D eigenvalue weighted by atomic mass is 9.92. The first kappa shape index (κ1) is 24.7. The molecule has 35 heavy (non-hydrogen) atoms. The number of ether oxygens (including phenoxy) is 1. The molecular formula is C27H34N4O4. The fourth-order valence-electron chi connectivity index (χ4n) is 4.84. The van der Waals surface area contributed by atoms with E-state index in [4.69, 9.17) is 10.5 Å². The summed E-state index contributed by atoms with van der Waals surface area (Å²) < 4.78 is 5.26. The first-order valence-electron chi connectivity index (χ1n) is 12.2. The second-order valence-electron chi connectivity index (χ2n) is 9.52. The zero-order valence-corrected chi connectivity index (χ0v) is 20.6. The van der Waals surface area contributed by atoms with E-state index < -0.39 is 6.17 Å². The van der Waals surface area contributed by atoms with Crippen molar-refractivity contribution in [3.05, 3.63) is 64.7 Å². The number of nitrogens with two attached hydrogens (primary N) is 1. The quantitative estimate of drug-likeness (QED) is 0.687. The average molecular weight is 479 g/mol. The summed E-state index contributed by atoms with van der Waals surface area (Å²) in [5, 5.41) is 3.09. The molecule has 0 radical (unpaired) electrons. The van der Waals surface area contributed by atoms with Gasteiger partial charge in [-0.2, -0.15) is 0 Å². The minimum atomic E-state index is -1.03. The molecule has 2 aromatic rings. The molecule has 0 bridgehead atoms. The average Bonchev–Trinajstić information content (AvgIpc) is 3.31. The highest BCUT2D eigenvalue weighted by Gasteiger charge is 2.43. The number of carbonyl (C=O) groups excluding carboxylic acids is 3. The van der Waals surface area contributed by atoms with Gasteiger partial charge < -0.3 is 25.6 Å². The van der Waals surface area contributed by atoms with Gasteiger partial charge in [-0.3, -0.25) is 14.4 Å². The monoisotopic (exact) mass is 478 g/mol. The minimum Gasteiger partial charge on any atom is -0.497 e. The molecule has 1 saturated heterocycles. The molecule has 3 N–H and O–H groups in total. The first-order valence-corrected chi connectivity index (χ1v) is 12.2. The maximum Gasteiger partial charge on any atom is 0.264 e. The summed E-state index contributed by atoms with van der Waals surface area (Å²) in [5.41, 5.74) is 9.02. The van der Waals surface area contributed by atoms with Gasteiger partial charge in [0, 0.05) is 36.3 Å². The second kappa shape index (κ2) is 10.5. The number of aryl methyl sites for hydroxylation is 2. The molecule has 8 heteroatoms. The van der Waals surface area contributed by atoms with Crippen molar-refractivity contribution in [2.75, 3.05) is 20.2 Å². The maximum absolute atomic E-state index is 13.6. The number of carbonyl (C=O) groups is 3. The minimum absolute atomic E-state index is 0.0183. The van der Waals surface area contributed by atoms with Crippen molar-refractivity contribution >= 4 is 17.7 Å². The lowest BCUT2D eigenvalue weighted by molar-refractivity contribution is -0.129. The van der Waals surface area contributed by atoms with Gasteiger partial charge >= 0.3 is 0 Å². The lowest BCUT2D eigenvalue weighted by Gasteiger charge is -2.33. The van der Waals surface area contributed by atoms with Gasteiger partial charge in [0.05, 0.1) is 7.11 Å². The molecule has 1 heterocycles. The van der Waals surface area contributed by atoms with Gasteiger partial charge in [-0.1, -0.05) is 12.1 Å².